The largest absolute Gasteiger partial charge is 0.573 e. The summed E-state index contributed by atoms with van der Waals surface area (Å²) in [5.74, 6) is 0.315. The Morgan fingerprint density at radius 2 is 1.82 bits per heavy atom. The lowest BCUT2D eigenvalue weighted by Crippen LogP contribution is -2.41. The quantitative estimate of drug-likeness (QED) is 0.198. The van der Waals surface area contributed by atoms with Gasteiger partial charge in [0.05, 0.1) is 5.69 Å². The first-order valence-electron chi connectivity index (χ1n) is 12.9. The molecule has 40 heavy (non-hydrogen) atoms. The SMILES string of the molecule is Cc1cc(-n2ccc(-c3nccs3)n2)c(CCO[Si](C)(C)C(C)(C)C)c(Nc2ccc(OC(F)(F)F)cc2C)n1. The minimum atomic E-state index is -4.76. The summed E-state index contributed by atoms with van der Waals surface area (Å²) in [5, 5.41) is 10.9. The van der Waals surface area contributed by atoms with Gasteiger partial charge >= 0.3 is 6.36 Å². The summed E-state index contributed by atoms with van der Waals surface area (Å²) in [5.41, 5.74) is 4.44. The Bertz CT molecular complexity index is 1460. The maximum atomic E-state index is 12.7. The Morgan fingerprint density at radius 3 is 2.45 bits per heavy atom. The van der Waals surface area contributed by atoms with Gasteiger partial charge in [-0.25, -0.2) is 14.6 Å². The number of aromatic nitrogens is 4. The number of nitrogens with one attached hydrogen (secondary N) is 1. The number of thiazole rings is 1. The topological polar surface area (TPSA) is 74.1 Å². The van der Waals surface area contributed by atoms with Crippen molar-refractivity contribution in [3.05, 3.63) is 64.9 Å². The molecule has 0 atom stereocenters. The number of hydrogen-bond acceptors (Lipinski definition) is 7. The lowest BCUT2D eigenvalue weighted by Gasteiger charge is -2.36. The lowest BCUT2D eigenvalue weighted by molar-refractivity contribution is -0.274. The molecule has 3 heterocycles. The van der Waals surface area contributed by atoms with E-state index in [2.05, 4.69) is 48.9 Å². The van der Waals surface area contributed by atoms with Gasteiger partial charge in [0.2, 0.25) is 0 Å². The van der Waals surface area contributed by atoms with E-state index >= 15 is 0 Å². The third-order valence-electron chi connectivity index (χ3n) is 7.02. The summed E-state index contributed by atoms with van der Waals surface area (Å²) in [6.07, 6.45) is -0.568. The van der Waals surface area contributed by atoms with Crippen LogP contribution in [0.2, 0.25) is 18.1 Å². The molecule has 0 saturated heterocycles. The van der Waals surface area contributed by atoms with Crippen LogP contribution >= 0.6 is 11.3 Å². The van der Waals surface area contributed by atoms with Crippen molar-refractivity contribution in [3.8, 4) is 22.1 Å². The van der Waals surface area contributed by atoms with Gasteiger partial charge in [-0.05, 0) is 67.9 Å². The van der Waals surface area contributed by atoms with Crippen LogP contribution in [-0.2, 0) is 10.8 Å². The van der Waals surface area contributed by atoms with Gasteiger partial charge in [0.25, 0.3) is 0 Å². The number of alkyl halides is 3. The molecule has 1 N–H and O–H groups in total. The molecule has 0 saturated carbocycles. The number of anilines is 2. The molecule has 0 unspecified atom stereocenters. The van der Waals surface area contributed by atoms with E-state index in [-0.39, 0.29) is 10.8 Å². The number of benzene rings is 1. The van der Waals surface area contributed by atoms with Gasteiger partial charge in [-0.1, -0.05) is 20.8 Å². The second-order valence-corrected chi connectivity index (χ2v) is 16.8. The van der Waals surface area contributed by atoms with Crippen molar-refractivity contribution in [2.45, 2.75) is 65.5 Å². The standard InChI is InChI=1S/C28H34F3N5O2SSi/c1-18-16-20(38-28(29,30)31)8-9-22(18)34-25-21(11-14-37-40(6,7)27(3,4)5)24(17-19(2)33-25)36-13-10-23(35-36)26-32-12-15-39-26/h8-10,12-13,15-17H,11,14H2,1-7H3,(H,33,34). The Hall–Kier alpha value is -3.22. The van der Waals surface area contributed by atoms with Crippen LogP contribution in [0.15, 0.2) is 48.1 Å². The van der Waals surface area contributed by atoms with E-state index in [1.807, 2.05) is 35.3 Å². The van der Waals surface area contributed by atoms with Crippen LogP contribution in [0, 0.1) is 13.8 Å². The van der Waals surface area contributed by atoms with Gasteiger partial charge in [-0.3, -0.25) is 0 Å². The van der Waals surface area contributed by atoms with Crippen LogP contribution in [0.5, 0.6) is 5.75 Å². The summed E-state index contributed by atoms with van der Waals surface area (Å²) in [4.78, 5) is 9.15. The molecule has 0 radical (unpaired) electrons. The summed E-state index contributed by atoms with van der Waals surface area (Å²) < 4.78 is 50.6. The van der Waals surface area contributed by atoms with Gasteiger partial charge in [-0.15, -0.1) is 24.5 Å². The molecule has 7 nitrogen and oxygen atoms in total. The van der Waals surface area contributed by atoms with Gasteiger partial charge in [-0.2, -0.15) is 5.10 Å². The second kappa shape index (κ2) is 11.3. The van der Waals surface area contributed by atoms with E-state index in [1.54, 1.807) is 19.2 Å². The first-order valence-corrected chi connectivity index (χ1v) is 16.7. The highest BCUT2D eigenvalue weighted by Gasteiger charge is 2.37. The van der Waals surface area contributed by atoms with E-state index in [1.165, 1.54) is 23.5 Å². The third-order valence-corrected chi connectivity index (χ3v) is 12.4. The highest BCUT2D eigenvalue weighted by molar-refractivity contribution is 7.13. The molecule has 0 bridgehead atoms. The van der Waals surface area contributed by atoms with E-state index in [9.17, 15) is 13.2 Å². The fourth-order valence-corrected chi connectivity index (χ4v) is 5.53. The lowest BCUT2D eigenvalue weighted by atomic mass is 10.1. The molecule has 4 rings (SSSR count). The van der Waals surface area contributed by atoms with E-state index in [0.29, 0.717) is 30.1 Å². The summed E-state index contributed by atoms with van der Waals surface area (Å²) in [6, 6.07) is 8.08. The molecule has 0 aliphatic heterocycles. The number of aryl methyl sites for hydroxylation is 2. The highest BCUT2D eigenvalue weighted by Crippen LogP contribution is 2.37. The monoisotopic (exact) mass is 589 g/mol. The zero-order valence-electron chi connectivity index (χ0n) is 23.7. The van der Waals surface area contributed by atoms with E-state index in [0.717, 1.165) is 27.6 Å². The van der Waals surface area contributed by atoms with Gasteiger partial charge in [0.15, 0.2) is 8.32 Å². The molecule has 0 aliphatic carbocycles. The number of rotatable bonds is 9. The van der Waals surface area contributed by atoms with E-state index < -0.39 is 14.7 Å². The predicted molar refractivity (Wildman–Crippen MR) is 155 cm³/mol. The first kappa shape index (κ1) is 29.8. The van der Waals surface area contributed by atoms with Crippen LogP contribution in [-0.4, -0.2) is 41.0 Å². The van der Waals surface area contributed by atoms with Crippen LogP contribution in [0.3, 0.4) is 0 Å². The number of nitrogens with zero attached hydrogens (tertiary/aromatic N) is 4. The van der Waals surface area contributed by atoms with Crippen molar-refractivity contribution in [2.24, 2.45) is 0 Å². The van der Waals surface area contributed by atoms with E-state index in [4.69, 9.17) is 14.5 Å². The smallest absolute Gasteiger partial charge is 0.416 e. The minimum Gasteiger partial charge on any atom is -0.416 e. The number of ether oxygens (including phenoxy) is 1. The van der Waals surface area contributed by atoms with Gasteiger partial charge in [0, 0.05) is 47.7 Å². The van der Waals surface area contributed by atoms with Crippen LogP contribution in [0.25, 0.3) is 16.4 Å². The Kier molecular flexibility index (Phi) is 8.43. The highest BCUT2D eigenvalue weighted by atomic mass is 32.1. The number of halogens is 3. The van der Waals surface area contributed by atoms with Crippen molar-refractivity contribution < 1.29 is 22.3 Å². The second-order valence-electron chi connectivity index (χ2n) is 11.1. The van der Waals surface area contributed by atoms with Crippen molar-refractivity contribution >= 4 is 31.2 Å². The average molecular weight is 590 g/mol. The maximum absolute atomic E-state index is 12.7. The fourth-order valence-electron chi connectivity index (χ4n) is 3.88. The van der Waals surface area contributed by atoms with Crippen molar-refractivity contribution in [2.75, 3.05) is 11.9 Å². The van der Waals surface area contributed by atoms with Crippen molar-refractivity contribution in [3.63, 3.8) is 0 Å². The van der Waals surface area contributed by atoms with Crippen LogP contribution in [0.4, 0.5) is 24.7 Å². The Labute approximate surface area is 237 Å². The van der Waals surface area contributed by atoms with Crippen LogP contribution < -0.4 is 10.1 Å². The molecule has 4 aromatic rings. The van der Waals surface area contributed by atoms with Crippen LogP contribution in [0.1, 0.15) is 37.6 Å². The summed E-state index contributed by atoms with van der Waals surface area (Å²) >= 11 is 1.51. The summed E-state index contributed by atoms with van der Waals surface area (Å²) in [7, 11) is -2.00. The third kappa shape index (κ3) is 7.10. The Morgan fingerprint density at radius 1 is 1.07 bits per heavy atom. The molecule has 0 spiro atoms. The summed E-state index contributed by atoms with van der Waals surface area (Å²) in [6.45, 7) is 15.1. The number of hydrogen-bond donors (Lipinski definition) is 1. The molecule has 0 amide bonds. The van der Waals surface area contributed by atoms with Crippen molar-refractivity contribution in [1.82, 2.24) is 19.7 Å². The molecule has 0 fully saturated rings. The number of pyridine rings is 1. The molecule has 214 valence electrons. The zero-order chi connectivity index (χ0) is 29.3. The normalized spacial score (nSPS) is 12.6. The average Bonchev–Trinajstić information content (AvgIpc) is 3.52. The molecular weight excluding hydrogens is 555 g/mol. The molecule has 12 heteroatoms. The predicted octanol–water partition coefficient (Wildman–Crippen LogP) is 8.21. The van der Waals surface area contributed by atoms with Crippen molar-refractivity contribution in [1.29, 1.82) is 0 Å². The maximum Gasteiger partial charge on any atom is 0.573 e. The molecule has 3 aromatic heterocycles. The zero-order valence-corrected chi connectivity index (χ0v) is 25.5. The van der Waals surface area contributed by atoms with Gasteiger partial charge < -0.3 is 14.5 Å². The molecule has 1 aromatic carbocycles. The molecular formula is C28H34F3N5O2SSi. The minimum absolute atomic E-state index is 0.0599. The molecule has 0 aliphatic rings. The fraction of sp³-hybridized carbons (Fsp3) is 0.393. The Balaban J connectivity index is 1.72. The van der Waals surface area contributed by atoms with Gasteiger partial charge in [0.1, 0.15) is 22.3 Å². The first-order chi connectivity index (χ1) is 18.6.